The molecule has 196 valence electrons. The van der Waals surface area contributed by atoms with Crippen molar-refractivity contribution in [2.45, 2.75) is 32.2 Å². The second kappa shape index (κ2) is 8.76. The van der Waals surface area contributed by atoms with Gasteiger partial charge >= 0.3 is 6.18 Å². The molecule has 1 atom stereocenters. The summed E-state index contributed by atoms with van der Waals surface area (Å²) in [7, 11) is 2.34. The Kier molecular flexibility index (Phi) is 5.78. The van der Waals surface area contributed by atoms with Gasteiger partial charge in [0.15, 0.2) is 5.75 Å². The van der Waals surface area contributed by atoms with Gasteiger partial charge in [-0.1, -0.05) is 18.4 Å². The van der Waals surface area contributed by atoms with Gasteiger partial charge in [0.1, 0.15) is 34.7 Å². The van der Waals surface area contributed by atoms with Gasteiger partial charge < -0.3 is 24.5 Å². The van der Waals surface area contributed by atoms with Crippen molar-refractivity contribution in [1.82, 2.24) is 29.0 Å². The Morgan fingerprint density at radius 2 is 2.00 bits per heavy atom. The van der Waals surface area contributed by atoms with Gasteiger partial charge in [0.2, 0.25) is 11.7 Å². The van der Waals surface area contributed by atoms with Crippen LogP contribution in [0.15, 0.2) is 25.0 Å². The first kappa shape index (κ1) is 25.1. The molecule has 2 N–H and O–H groups in total. The smallest absolute Gasteiger partial charge is 0.449 e. The number of rotatable bonds is 2. The van der Waals surface area contributed by atoms with E-state index >= 15 is 4.39 Å². The third-order valence-corrected chi connectivity index (χ3v) is 6.59. The van der Waals surface area contributed by atoms with E-state index in [9.17, 15) is 18.0 Å². The van der Waals surface area contributed by atoms with E-state index in [-0.39, 0.29) is 46.7 Å². The van der Waals surface area contributed by atoms with Crippen LogP contribution in [0.1, 0.15) is 29.6 Å². The molecule has 9 nitrogen and oxygen atoms in total. The predicted molar refractivity (Wildman–Crippen MR) is 130 cm³/mol. The predicted octanol–water partition coefficient (Wildman–Crippen LogP) is 3.38. The summed E-state index contributed by atoms with van der Waals surface area (Å²) in [6.07, 6.45) is -2.23. The molecule has 0 radical (unpaired) electrons. The van der Waals surface area contributed by atoms with Crippen LogP contribution in [-0.2, 0) is 31.1 Å². The van der Waals surface area contributed by atoms with Crippen molar-refractivity contribution in [3.05, 3.63) is 53.5 Å². The zero-order valence-corrected chi connectivity index (χ0v) is 20.5. The Morgan fingerprint density at radius 1 is 1.29 bits per heavy atom. The number of fused-ring (bicyclic) bond motifs is 4. The molecule has 0 aliphatic carbocycles. The molecule has 1 amide bonds. The number of imidazole rings is 1. The summed E-state index contributed by atoms with van der Waals surface area (Å²) in [6.45, 7) is 5.98. The normalized spacial score (nSPS) is 15.3. The molecule has 3 aromatic heterocycles. The van der Waals surface area contributed by atoms with Gasteiger partial charge in [-0.15, -0.1) is 0 Å². The van der Waals surface area contributed by atoms with Crippen molar-refractivity contribution in [3.63, 3.8) is 0 Å². The molecule has 4 aromatic rings. The Labute approximate surface area is 213 Å². The number of carbonyl (C=O) groups is 1. The SMILES string of the molecule is C=CC(=O)N1Cc2c(C#Cc3c(F)cc4c(nc(C(F)(F)F)n4C)c3OC)c3c(N)ncnc3n2C[C@H]1C. The minimum atomic E-state index is -4.75. The summed E-state index contributed by atoms with van der Waals surface area (Å²) >= 11 is 0. The van der Waals surface area contributed by atoms with E-state index in [1.807, 2.05) is 11.5 Å². The van der Waals surface area contributed by atoms with E-state index in [0.29, 0.717) is 28.8 Å². The number of nitrogen functional groups attached to an aromatic ring is 1. The summed E-state index contributed by atoms with van der Waals surface area (Å²) in [4.78, 5) is 26.1. The maximum Gasteiger partial charge on any atom is 0.449 e. The van der Waals surface area contributed by atoms with Crippen LogP contribution in [0.4, 0.5) is 23.4 Å². The third kappa shape index (κ3) is 3.71. The molecule has 1 aliphatic heterocycles. The summed E-state index contributed by atoms with van der Waals surface area (Å²) in [5, 5.41) is 0.424. The van der Waals surface area contributed by atoms with Crippen molar-refractivity contribution in [1.29, 1.82) is 0 Å². The van der Waals surface area contributed by atoms with Gasteiger partial charge in [-0.3, -0.25) is 4.79 Å². The summed E-state index contributed by atoms with van der Waals surface area (Å²) in [5.41, 5.74) is 7.07. The lowest BCUT2D eigenvalue weighted by Crippen LogP contribution is -2.44. The molecule has 4 heterocycles. The fourth-order valence-electron chi connectivity index (χ4n) is 4.79. The molecule has 0 unspecified atom stereocenters. The number of anilines is 1. The number of methoxy groups -OCH3 is 1. The lowest BCUT2D eigenvalue weighted by molar-refractivity contribution is -0.146. The molecule has 0 saturated heterocycles. The molecule has 0 fully saturated rings. The van der Waals surface area contributed by atoms with Gasteiger partial charge in [0.05, 0.1) is 35.8 Å². The van der Waals surface area contributed by atoms with Crippen molar-refractivity contribution < 1.29 is 27.1 Å². The van der Waals surface area contributed by atoms with E-state index in [1.54, 1.807) is 4.90 Å². The Morgan fingerprint density at radius 3 is 2.66 bits per heavy atom. The minimum absolute atomic E-state index is 0.103. The highest BCUT2D eigenvalue weighted by molar-refractivity contribution is 5.95. The lowest BCUT2D eigenvalue weighted by atomic mass is 10.1. The summed E-state index contributed by atoms with van der Waals surface area (Å²) in [5.74, 6) is 3.14. The van der Waals surface area contributed by atoms with Crippen LogP contribution < -0.4 is 10.5 Å². The number of carbonyl (C=O) groups excluding carboxylic acids is 1. The zero-order valence-electron chi connectivity index (χ0n) is 20.5. The van der Waals surface area contributed by atoms with Crippen LogP contribution in [0.3, 0.4) is 0 Å². The first-order valence-corrected chi connectivity index (χ1v) is 11.3. The molecule has 0 spiro atoms. The molecule has 0 saturated carbocycles. The number of aromatic nitrogens is 5. The Bertz CT molecular complexity index is 1710. The van der Waals surface area contributed by atoms with Crippen LogP contribution in [-0.4, -0.2) is 48.0 Å². The van der Waals surface area contributed by atoms with E-state index in [1.165, 1.54) is 19.5 Å². The van der Waals surface area contributed by atoms with Gasteiger partial charge in [0.25, 0.3) is 0 Å². The highest BCUT2D eigenvalue weighted by Gasteiger charge is 2.38. The number of halogens is 4. The van der Waals surface area contributed by atoms with Crippen LogP contribution in [0.2, 0.25) is 0 Å². The van der Waals surface area contributed by atoms with Crippen molar-refractivity contribution in [2.75, 3.05) is 12.8 Å². The standard InChI is InChI=1S/C25H21F4N7O2/c1-5-18(37)35-10-17-14(19-22(30)31-11-32-23(19)36(17)9-12(35)2)7-6-13-15(26)8-16-20(21(13)38-4)33-24(34(16)3)25(27,28)29/h5,8,11-12H,1,9-10H2,2-4H3,(H2,30,31,32)/t12-/m1/s1. The van der Waals surface area contributed by atoms with Crippen LogP contribution in [0.5, 0.6) is 5.75 Å². The fraction of sp³-hybridized carbons (Fsp3) is 0.280. The average Bonchev–Trinajstić information content (AvgIpc) is 3.36. The van der Waals surface area contributed by atoms with Crippen molar-refractivity contribution in [2.24, 2.45) is 7.05 Å². The van der Waals surface area contributed by atoms with E-state index in [4.69, 9.17) is 10.5 Å². The maximum absolute atomic E-state index is 15.3. The molecule has 1 aromatic carbocycles. The first-order valence-electron chi connectivity index (χ1n) is 11.3. The highest BCUT2D eigenvalue weighted by atomic mass is 19.4. The van der Waals surface area contributed by atoms with Crippen LogP contribution in [0, 0.1) is 17.7 Å². The number of benzene rings is 1. The molecule has 0 bridgehead atoms. The number of amides is 1. The van der Waals surface area contributed by atoms with Crippen LogP contribution in [0.25, 0.3) is 22.1 Å². The number of alkyl halides is 3. The number of aryl methyl sites for hydroxylation is 1. The van der Waals surface area contributed by atoms with E-state index in [2.05, 4.69) is 33.4 Å². The number of nitrogens with zero attached hydrogens (tertiary/aromatic N) is 6. The minimum Gasteiger partial charge on any atom is -0.493 e. The topological polar surface area (TPSA) is 104 Å². The summed E-state index contributed by atoms with van der Waals surface area (Å²) < 4.78 is 63.5. The molecular weight excluding hydrogens is 506 g/mol. The maximum atomic E-state index is 15.3. The number of nitrogens with two attached hydrogens (primary N) is 1. The van der Waals surface area contributed by atoms with Crippen molar-refractivity contribution >= 4 is 33.8 Å². The largest absolute Gasteiger partial charge is 0.493 e. The second-order valence-electron chi connectivity index (χ2n) is 8.79. The van der Waals surface area contributed by atoms with E-state index in [0.717, 1.165) is 17.7 Å². The molecule has 38 heavy (non-hydrogen) atoms. The van der Waals surface area contributed by atoms with Gasteiger partial charge in [-0.2, -0.15) is 13.2 Å². The third-order valence-electron chi connectivity index (χ3n) is 6.59. The molecule has 13 heteroatoms. The van der Waals surface area contributed by atoms with Gasteiger partial charge in [-0.05, 0) is 13.0 Å². The Hall–Kier alpha value is -4.60. The highest BCUT2D eigenvalue weighted by Crippen LogP contribution is 2.37. The second-order valence-corrected chi connectivity index (χ2v) is 8.79. The monoisotopic (exact) mass is 527 g/mol. The Balaban J connectivity index is 1.74. The lowest BCUT2D eigenvalue weighted by Gasteiger charge is -2.34. The number of hydrogen-bond acceptors (Lipinski definition) is 6. The average molecular weight is 527 g/mol. The molecule has 5 rings (SSSR count). The summed E-state index contributed by atoms with van der Waals surface area (Å²) in [6, 6.07) is 0.744. The fourth-order valence-corrected chi connectivity index (χ4v) is 4.79. The molecule has 1 aliphatic rings. The van der Waals surface area contributed by atoms with Crippen LogP contribution >= 0.6 is 0 Å². The quantitative estimate of drug-likeness (QED) is 0.244. The molecular formula is C25H21F4N7O2. The van der Waals surface area contributed by atoms with Crippen molar-refractivity contribution in [3.8, 4) is 17.6 Å². The number of ether oxygens (including phenoxy) is 1. The first-order chi connectivity index (χ1) is 18.0. The number of hydrogen-bond donors (Lipinski definition) is 1. The van der Waals surface area contributed by atoms with Gasteiger partial charge in [0, 0.05) is 25.7 Å². The zero-order chi connectivity index (χ0) is 27.5. The van der Waals surface area contributed by atoms with Gasteiger partial charge in [-0.25, -0.2) is 19.3 Å². The van der Waals surface area contributed by atoms with E-state index < -0.39 is 17.8 Å².